The molecule has 27 heavy (non-hydrogen) atoms. The minimum absolute atomic E-state index is 0.112. The highest BCUT2D eigenvalue weighted by molar-refractivity contribution is 5.98. The summed E-state index contributed by atoms with van der Waals surface area (Å²) >= 11 is 0. The Balaban J connectivity index is 1.63. The van der Waals surface area contributed by atoms with Gasteiger partial charge >= 0.3 is 0 Å². The minimum atomic E-state index is -0.401. The molecular weight excluding hydrogens is 344 g/mol. The Morgan fingerprint density at radius 1 is 1.22 bits per heavy atom. The molecule has 1 saturated heterocycles. The van der Waals surface area contributed by atoms with Crippen LogP contribution in [0, 0.1) is 0 Å². The smallest absolute Gasteiger partial charge is 0.253 e. The molecule has 3 rings (SSSR count). The van der Waals surface area contributed by atoms with E-state index in [0.29, 0.717) is 24.4 Å². The van der Waals surface area contributed by atoms with Crippen LogP contribution in [-0.4, -0.2) is 43.6 Å². The van der Waals surface area contributed by atoms with E-state index in [9.17, 15) is 9.59 Å². The molecule has 0 saturated carbocycles. The molecule has 142 valence electrons. The van der Waals surface area contributed by atoms with Crippen LogP contribution in [0.15, 0.2) is 48.5 Å². The van der Waals surface area contributed by atoms with Gasteiger partial charge in [0.25, 0.3) is 11.8 Å². The molecule has 6 nitrogen and oxygen atoms in total. The zero-order valence-electron chi connectivity index (χ0n) is 15.6. The lowest BCUT2D eigenvalue weighted by Crippen LogP contribution is -2.28. The zero-order chi connectivity index (χ0) is 19.2. The normalized spacial score (nSPS) is 16.0. The summed E-state index contributed by atoms with van der Waals surface area (Å²) in [6.07, 6.45) is 1.23. The lowest BCUT2D eigenvalue weighted by Gasteiger charge is -2.18. The van der Waals surface area contributed by atoms with Crippen molar-refractivity contribution in [3.63, 3.8) is 0 Å². The van der Waals surface area contributed by atoms with Gasteiger partial charge in [0.15, 0.2) is 0 Å². The van der Waals surface area contributed by atoms with Gasteiger partial charge in [-0.2, -0.15) is 0 Å². The monoisotopic (exact) mass is 368 g/mol. The van der Waals surface area contributed by atoms with Crippen LogP contribution in [0.5, 0.6) is 5.75 Å². The van der Waals surface area contributed by atoms with E-state index in [1.165, 1.54) is 0 Å². The van der Waals surface area contributed by atoms with Crippen molar-refractivity contribution in [2.75, 3.05) is 26.1 Å². The van der Waals surface area contributed by atoms with Crippen molar-refractivity contribution in [3.05, 3.63) is 59.7 Å². The van der Waals surface area contributed by atoms with Crippen molar-refractivity contribution >= 4 is 17.5 Å². The van der Waals surface area contributed by atoms with Crippen molar-refractivity contribution < 1.29 is 19.1 Å². The van der Waals surface area contributed by atoms with E-state index < -0.39 is 6.10 Å². The molecule has 2 aromatic rings. The number of carbonyl (C=O) groups excluding carboxylic acids is 2. The number of ether oxygens (including phenoxy) is 2. The van der Waals surface area contributed by atoms with Crippen molar-refractivity contribution in [1.82, 2.24) is 4.90 Å². The van der Waals surface area contributed by atoms with Crippen LogP contribution < -0.4 is 10.1 Å². The van der Waals surface area contributed by atoms with E-state index in [4.69, 9.17) is 9.47 Å². The number of hydrogen-bond acceptors (Lipinski definition) is 4. The summed E-state index contributed by atoms with van der Waals surface area (Å²) in [6.45, 7) is 1.10. The SMILES string of the molecule is COc1ccc(CN(C)C(=O)c2cccc(NC(=O)C3CCCO3)c2)cc1. The molecule has 2 amide bonds. The molecule has 1 N–H and O–H groups in total. The van der Waals surface area contributed by atoms with E-state index >= 15 is 0 Å². The predicted octanol–water partition coefficient (Wildman–Crippen LogP) is 3.08. The van der Waals surface area contributed by atoms with Gasteiger partial charge in [-0.1, -0.05) is 18.2 Å². The van der Waals surface area contributed by atoms with Gasteiger partial charge in [0, 0.05) is 31.5 Å². The van der Waals surface area contributed by atoms with Gasteiger partial charge in [-0.25, -0.2) is 0 Å². The summed E-state index contributed by atoms with van der Waals surface area (Å²) in [4.78, 5) is 26.6. The number of methoxy groups -OCH3 is 1. The van der Waals surface area contributed by atoms with Crippen LogP contribution >= 0.6 is 0 Å². The minimum Gasteiger partial charge on any atom is -0.497 e. The van der Waals surface area contributed by atoms with E-state index in [0.717, 1.165) is 24.2 Å². The lowest BCUT2D eigenvalue weighted by atomic mass is 10.1. The third-order valence-electron chi connectivity index (χ3n) is 4.52. The predicted molar refractivity (Wildman–Crippen MR) is 103 cm³/mol. The average Bonchev–Trinajstić information content (AvgIpc) is 3.23. The van der Waals surface area contributed by atoms with Crippen LogP contribution in [0.25, 0.3) is 0 Å². The molecule has 2 aromatic carbocycles. The summed E-state index contributed by atoms with van der Waals surface area (Å²) in [5, 5.41) is 2.83. The molecule has 1 heterocycles. The van der Waals surface area contributed by atoms with Gasteiger partial charge in [0.1, 0.15) is 11.9 Å². The largest absolute Gasteiger partial charge is 0.497 e. The molecule has 1 fully saturated rings. The molecular formula is C21H24N2O4. The fraction of sp³-hybridized carbons (Fsp3) is 0.333. The lowest BCUT2D eigenvalue weighted by molar-refractivity contribution is -0.124. The van der Waals surface area contributed by atoms with Gasteiger partial charge in [-0.15, -0.1) is 0 Å². The Labute approximate surface area is 159 Å². The fourth-order valence-corrected chi connectivity index (χ4v) is 3.03. The summed E-state index contributed by atoms with van der Waals surface area (Å²) < 4.78 is 10.5. The molecule has 0 spiro atoms. The first kappa shape index (κ1) is 18.9. The van der Waals surface area contributed by atoms with E-state index in [1.54, 1.807) is 43.3 Å². The molecule has 6 heteroatoms. The van der Waals surface area contributed by atoms with E-state index in [2.05, 4.69) is 5.32 Å². The summed E-state index contributed by atoms with van der Waals surface area (Å²) in [7, 11) is 3.37. The van der Waals surface area contributed by atoms with Gasteiger partial charge in [-0.05, 0) is 48.7 Å². The van der Waals surface area contributed by atoms with Gasteiger partial charge in [-0.3, -0.25) is 9.59 Å². The molecule has 0 aromatic heterocycles. The average molecular weight is 368 g/mol. The van der Waals surface area contributed by atoms with Gasteiger partial charge in [0.05, 0.1) is 7.11 Å². The molecule has 1 aliphatic rings. The van der Waals surface area contributed by atoms with Crippen molar-refractivity contribution in [3.8, 4) is 5.75 Å². The molecule has 1 atom stereocenters. The van der Waals surface area contributed by atoms with Crippen molar-refractivity contribution in [2.45, 2.75) is 25.5 Å². The molecule has 0 bridgehead atoms. The molecule has 1 unspecified atom stereocenters. The second kappa shape index (κ2) is 8.68. The quantitative estimate of drug-likeness (QED) is 0.851. The number of amides is 2. The first-order valence-corrected chi connectivity index (χ1v) is 8.98. The first-order chi connectivity index (χ1) is 13.1. The van der Waals surface area contributed by atoms with Crippen LogP contribution in [0.3, 0.4) is 0 Å². The maximum atomic E-state index is 12.7. The standard InChI is InChI=1S/C21H24N2O4/c1-23(14-15-8-10-18(26-2)11-9-15)21(25)16-5-3-6-17(13-16)22-20(24)19-7-4-12-27-19/h3,5-6,8-11,13,19H,4,7,12,14H2,1-2H3,(H,22,24). The number of benzene rings is 2. The van der Waals surface area contributed by atoms with Crippen LogP contribution in [-0.2, 0) is 16.1 Å². The third kappa shape index (κ3) is 4.86. The summed E-state index contributed by atoms with van der Waals surface area (Å²) in [5.41, 5.74) is 2.13. The maximum Gasteiger partial charge on any atom is 0.253 e. The summed E-state index contributed by atoms with van der Waals surface area (Å²) in [6, 6.07) is 14.6. The fourth-order valence-electron chi connectivity index (χ4n) is 3.03. The van der Waals surface area contributed by atoms with Crippen LogP contribution in [0.1, 0.15) is 28.8 Å². The maximum absolute atomic E-state index is 12.7. The summed E-state index contributed by atoms with van der Waals surface area (Å²) in [5.74, 6) is 0.505. The first-order valence-electron chi connectivity index (χ1n) is 8.98. The number of nitrogens with one attached hydrogen (secondary N) is 1. The molecule has 0 aliphatic carbocycles. The highest BCUT2D eigenvalue weighted by Crippen LogP contribution is 2.18. The van der Waals surface area contributed by atoms with Crippen molar-refractivity contribution in [2.24, 2.45) is 0 Å². The van der Waals surface area contributed by atoms with E-state index in [-0.39, 0.29) is 11.8 Å². The highest BCUT2D eigenvalue weighted by atomic mass is 16.5. The molecule has 1 aliphatic heterocycles. The Hall–Kier alpha value is -2.86. The molecule has 0 radical (unpaired) electrons. The van der Waals surface area contributed by atoms with E-state index in [1.807, 2.05) is 24.3 Å². The Bertz CT molecular complexity index is 798. The topological polar surface area (TPSA) is 67.9 Å². The third-order valence-corrected chi connectivity index (χ3v) is 4.52. The van der Waals surface area contributed by atoms with Gasteiger partial charge < -0.3 is 19.7 Å². The number of hydrogen-bond donors (Lipinski definition) is 1. The number of nitrogens with zero attached hydrogens (tertiary/aromatic N) is 1. The Morgan fingerprint density at radius 3 is 2.67 bits per heavy atom. The second-order valence-electron chi connectivity index (χ2n) is 6.58. The Kier molecular flexibility index (Phi) is 6.08. The number of carbonyl (C=O) groups is 2. The zero-order valence-corrected chi connectivity index (χ0v) is 15.6. The van der Waals surface area contributed by atoms with Crippen molar-refractivity contribution in [1.29, 1.82) is 0 Å². The Morgan fingerprint density at radius 2 is 2.00 bits per heavy atom. The number of anilines is 1. The van der Waals surface area contributed by atoms with Crippen LogP contribution in [0.4, 0.5) is 5.69 Å². The van der Waals surface area contributed by atoms with Crippen LogP contribution in [0.2, 0.25) is 0 Å². The highest BCUT2D eigenvalue weighted by Gasteiger charge is 2.23. The second-order valence-corrected chi connectivity index (χ2v) is 6.58. The number of rotatable bonds is 6. The van der Waals surface area contributed by atoms with Gasteiger partial charge in [0.2, 0.25) is 0 Å².